The first-order chi connectivity index (χ1) is 14.6. The van der Waals surface area contributed by atoms with Crippen molar-refractivity contribution in [1.82, 2.24) is 0 Å². The highest BCUT2D eigenvalue weighted by molar-refractivity contribution is 6.00. The van der Waals surface area contributed by atoms with Crippen LogP contribution in [0, 0.1) is 0 Å². The quantitative estimate of drug-likeness (QED) is 0.463. The van der Waals surface area contributed by atoms with Gasteiger partial charge >= 0.3 is 6.03 Å². The van der Waals surface area contributed by atoms with Gasteiger partial charge in [0.2, 0.25) is 0 Å². The summed E-state index contributed by atoms with van der Waals surface area (Å²) in [4.78, 5) is 24.8. The van der Waals surface area contributed by atoms with E-state index >= 15 is 0 Å². The first-order valence-electron chi connectivity index (χ1n) is 9.56. The summed E-state index contributed by atoms with van der Waals surface area (Å²) in [5.41, 5.74) is 2.21. The summed E-state index contributed by atoms with van der Waals surface area (Å²) in [5, 5.41) is 5.86. The summed E-state index contributed by atoms with van der Waals surface area (Å²) >= 11 is 0. The van der Waals surface area contributed by atoms with E-state index in [-0.39, 0.29) is 5.43 Å². The molecule has 0 spiro atoms. The number of rotatable bonds is 5. The lowest BCUT2D eigenvalue weighted by Gasteiger charge is -2.09. The van der Waals surface area contributed by atoms with Crippen molar-refractivity contribution >= 4 is 28.4 Å². The zero-order valence-electron chi connectivity index (χ0n) is 16.3. The Morgan fingerprint density at radius 2 is 1.63 bits per heavy atom. The number of carbonyl (C=O) groups excluding carboxylic acids is 1. The number of benzene rings is 3. The van der Waals surface area contributed by atoms with E-state index in [2.05, 4.69) is 10.6 Å². The topological polar surface area (TPSA) is 80.6 Å². The average Bonchev–Trinajstić information content (AvgIpc) is 2.75. The lowest BCUT2D eigenvalue weighted by molar-refractivity contribution is 0.262. The number of para-hydroxylation sites is 1. The van der Waals surface area contributed by atoms with Gasteiger partial charge in [0.1, 0.15) is 17.1 Å². The molecule has 0 aliphatic carbocycles. The Hall–Kier alpha value is -4.06. The van der Waals surface area contributed by atoms with E-state index in [1.54, 1.807) is 30.3 Å². The van der Waals surface area contributed by atoms with Gasteiger partial charge in [0, 0.05) is 23.0 Å². The van der Waals surface area contributed by atoms with Crippen LogP contribution in [0.2, 0.25) is 0 Å². The number of nitrogens with one attached hydrogen (secondary N) is 2. The molecule has 3 aromatic carbocycles. The van der Waals surface area contributed by atoms with Crippen LogP contribution >= 0.6 is 0 Å². The van der Waals surface area contributed by atoms with Crippen LogP contribution in [-0.4, -0.2) is 12.6 Å². The third-order valence-corrected chi connectivity index (χ3v) is 4.47. The molecule has 2 N–H and O–H groups in total. The highest BCUT2D eigenvalue weighted by atomic mass is 16.5. The van der Waals surface area contributed by atoms with Gasteiger partial charge < -0.3 is 19.8 Å². The van der Waals surface area contributed by atoms with E-state index in [1.807, 2.05) is 49.4 Å². The monoisotopic (exact) mass is 400 g/mol. The van der Waals surface area contributed by atoms with E-state index in [1.165, 1.54) is 6.07 Å². The fourth-order valence-corrected chi connectivity index (χ4v) is 3.07. The molecule has 1 heterocycles. The molecule has 0 radical (unpaired) electrons. The molecule has 0 saturated carbocycles. The molecule has 0 atom stereocenters. The van der Waals surface area contributed by atoms with Gasteiger partial charge in [0.15, 0.2) is 5.43 Å². The van der Waals surface area contributed by atoms with Gasteiger partial charge in [0.25, 0.3) is 0 Å². The first-order valence-corrected chi connectivity index (χ1v) is 9.56. The van der Waals surface area contributed by atoms with Gasteiger partial charge in [-0.25, -0.2) is 4.79 Å². The van der Waals surface area contributed by atoms with Crippen LogP contribution < -0.4 is 20.8 Å². The second-order valence-electron chi connectivity index (χ2n) is 6.59. The first kappa shape index (κ1) is 19.3. The van der Waals surface area contributed by atoms with Gasteiger partial charge in [0.05, 0.1) is 12.0 Å². The number of urea groups is 1. The molecular formula is C24H20N2O4. The third-order valence-electron chi connectivity index (χ3n) is 4.47. The molecule has 6 nitrogen and oxygen atoms in total. The molecule has 0 aliphatic heterocycles. The zero-order valence-corrected chi connectivity index (χ0v) is 16.3. The molecule has 6 heteroatoms. The largest absolute Gasteiger partial charge is 0.494 e. The van der Waals surface area contributed by atoms with E-state index in [0.29, 0.717) is 34.7 Å². The number of fused-ring (bicyclic) bond motifs is 1. The highest BCUT2D eigenvalue weighted by Gasteiger charge is 2.10. The minimum absolute atomic E-state index is 0.188. The molecule has 0 bridgehead atoms. The Balaban J connectivity index is 1.56. The Kier molecular flexibility index (Phi) is 5.48. The molecule has 4 aromatic rings. The molecule has 0 unspecified atom stereocenters. The molecule has 2 amide bonds. The van der Waals surface area contributed by atoms with Crippen LogP contribution in [0.5, 0.6) is 5.75 Å². The summed E-state index contributed by atoms with van der Waals surface area (Å²) in [7, 11) is 0. The fourth-order valence-electron chi connectivity index (χ4n) is 3.07. The van der Waals surface area contributed by atoms with Crippen molar-refractivity contribution < 1.29 is 13.9 Å². The van der Waals surface area contributed by atoms with E-state index < -0.39 is 6.03 Å². The van der Waals surface area contributed by atoms with E-state index in [0.717, 1.165) is 11.3 Å². The Labute approximate surface area is 173 Å². The standard InChI is InChI=1S/C24H20N2O4/c1-2-29-19-11-8-16(9-12-19)23-15-21(27)20-14-18(10-13-22(20)30-23)26-24(28)25-17-6-4-3-5-7-17/h3-15H,2H2,1H3,(H2,25,26,28). The molecule has 0 aliphatic rings. The lowest BCUT2D eigenvalue weighted by atomic mass is 10.1. The van der Waals surface area contributed by atoms with Crippen molar-refractivity contribution in [2.24, 2.45) is 0 Å². The van der Waals surface area contributed by atoms with Crippen molar-refractivity contribution in [1.29, 1.82) is 0 Å². The maximum absolute atomic E-state index is 12.7. The van der Waals surface area contributed by atoms with Crippen molar-refractivity contribution in [2.75, 3.05) is 17.2 Å². The fraction of sp³-hybridized carbons (Fsp3) is 0.0833. The number of carbonyl (C=O) groups is 1. The highest BCUT2D eigenvalue weighted by Crippen LogP contribution is 2.25. The van der Waals surface area contributed by atoms with Crippen molar-refractivity contribution in [2.45, 2.75) is 6.92 Å². The SMILES string of the molecule is CCOc1ccc(-c2cc(=O)c3cc(NC(=O)Nc4ccccc4)ccc3o2)cc1. The second kappa shape index (κ2) is 8.53. The molecular weight excluding hydrogens is 380 g/mol. The van der Waals surface area contributed by atoms with Gasteiger partial charge in [-0.2, -0.15) is 0 Å². The van der Waals surface area contributed by atoms with E-state index in [9.17, 15) is 9.59 Å². The maximum Gasteiger partial charge on any atom is 0.323 e. The second-order valence-corrected chi connectivity index (χ2v) is 6.59. The average molecular weight is 400 g/mol. The molecule has 0 saturated heterocycles. The number of amides is 2. The molecule has 0 fully saturated rings. The van der Waals surface area contributed by atoms with Crippen LogP contribution in [-0.2, 0) is 0 Å². The third kappa shape index (κ3) is 4.33. The van der Waals surface area contributed by atoms with Gasteiger partial charge in [-0.1, -0.05) is 18.2 Å². The minimum Gasteiger partial charge on any atom is -0.494 e. The summed E-state index contributed by atoms with van der Waals surface area (Å²) in [6.45, 7) is 2.51. The van der Waals surface area contributed by atoms with Crippen LogP contribution in [0.15, 0.2) is 88.1 Å². The van der Waals surface area contributed by atoms with Crippen LogP contribution in [0.1, 0.15) is 6.92 Å². The zero-order chi connectivity index (χ0) is 20.9. The van der Waals surface area contributed by atoms with E-state index in [4.69, 9.17) is 9.15 Å². The van der Waals surface area contributed by atoms with Crippen LogP contribution in [0.25, 0.3) is 22.3 Å². The Morgan fingerprint density at radius 3 is 2.37 bits per heavy atom. The summed E-state index contributed by atoms with van der Waals surface area (Å²) in [5.74, 6) is 1.23. The number of anilines is 2. The van der Waals surface area contributed by atoms with Crippen molar-refractivity contribution in [3.05, 3.63) is 89.1 Å². The van der Waals surface area contributed by atoms with Crippen molar-refractivity contribution in [3.8, 4) is 17.1 Å². The van der Waals surface area contributed by atoms with Crippen molar-refractivity contribution in [3.63, 3.8) is 0 Å². The van der Waals surface area contributed by atoms with Gasteiger partial charge in [-0.3, -0.25) is 4.79 Å². The van der Waals surface area contributed by atoms with Crippen LogP contribution in [0.3, 0.4) is 0 Å². The summed E-state index contributed by atoms with van der Waals surface area (Å²) < 4.78 is 11.4. The predicted octanol–water partition coefficient (Wildman–Crippen LogP) is 5.50. The molecule has 1 aromatic heterocycles. The molecule has 30 heavy (non-hydrogen) atoms. The summed E-state index contributed by atoms with van der Waals surface area (Å²) in [6.07, 6.45) is 0. The van der Waals surface area contributed by atoms with Gasteiger partial charge in [-0.15, -0.1) is 0 Å². The Bertz CT molecular complexity index is 1230. The number of hydrogen-bond donors (Lipinski definition) is 2. The predicted molar refractivity (Wildman–Crippen MR) is 118 cm³/mol. The van der Waals surface area contributed by atoms with Crippen LogP contribution in [0.4, 0.5) is 16.2 Å². The summed E-state index contributed by atoms with van der Waals surface area (Å²) in [6, 6.07) is 22.5. The number of hydrogen-bond acceptors (Lipinski definition) is 4. The van der Waals surface area contributed by atoms with Gasteiger partial charge in [-0.05, 0) is 61.5 Å². The Morgan fingerprint density at radius 1 is 0.900 bits per heavy atom. The maximum atomic E-state index is 12.7. The lowest BCUT2D eigenvalue weighted by Crippen LogP contribution is -2.19. The number of ether oxygens (including phenoxy) is 1. The smallest absolute Gasteiger partial charge is 0.323 e. The normalized spacial score (nSPS) is 10.6. The molecule has 150 valence electrons. The minimum atomic E-state index is -0.393. The molecule has 4 rings (SSSR count).